The number of nitriles is 1. The van der Waals surface area contributed by atoms with Crippen molar-refractivity contribution in [2.24, 2.45) is 5.92 Å². The first-order chi connectivity index (χ1) is 13.5. The van der Waals surface area contributed by atoms with Crippen LogP contribution in [0.5, 0.6) is 5.88 Å². The summed E-state index contributed by atoms with van der Waals surface area (Å²) in [4.78, 5) is 15.6. The fourth-order valence-electron chi connectivity index (χ4n) is 4.31. The van der Waals surface area contributed by atoms with Gasteiger partial charge in [0.1, 0.15) is 11.3 Å². The van der Waals surface area contributed by atoms with Crippen molar-refractivity contribution in [2.45, 2.75) is 19.3 Å². The Labute approximate surface area is 164 Å². The van der Waals surface area contributed by atoms with Gasteiger partial charge >= 0.3 is 0 Å². The quantitative estimate of drug-likeness (QED) is 0.591. The van der Waals surface area contributed by atoms with Gasteiger partial charge < -0.3 is 10.1 Å². The zero-order valence-electron chi connectivity index (χ0n) is 15.1. The fourth-order valence-corrected chi connectivity index (χ4v) is 5.24. The van der Waals surface area contributed by atoms with E-state index in [1.165, 1.54) is 0 Å². The highest BCUT2D eigenvalue weighted by Crippen LogP contribution is 2.55. The molecule has 0 radical (unpaired) electrons. The Bertz CT molecular complexity index is 1220. The van der Waals surface area contributed by atoms with Crippen LogP contribution in [0.2, 0.25) is 0 Å². The number of rotatable bonds is 1. The molecule has 5 rings (SSSR count). The van der Waals surface area contributed by atoms with Crippen molar-refractivity contribution in [1.29, 1.82) is 10.7 Å². The number of fused-ring (bicyclic) bond motifs is 4. The first kappa shape index (κ1) is 16.7. The number of carbonyl (C=O) groups is 1. The van der Waals surface area contributed by atoms with Crippen LogP contribution >= 0.6 is 11.3 Å². The summed E-state index contributed by atoms with van der Waals surface area (Å²) in [5.41, 5.74) is 1.99. The van der Waals surface area contributed by atoms with Crippen molar-refractivity contribution in [3.8, 4) is 23.2 Å². The van der Waals surface area contributed by atoms with E-state index in [1.807, 2.05) is 38.1 Å². The van der Waals surface area contributed by atoms with Crippen LogP contribution in [0.1, 0.15) is 20.9 Å². The maximum atomic E-state index is 13.4. The van der Waals surface area contributed by atoms with E-state index in [2.05, 4.69) is 21.6 Å². The summed E-state index contributed by atoms with van der Waals surface area (Å²) in [7, 11) is 0. The number of amides is 1. The molecule has 2 aliphatic rings. The summed E-state index contributed by atoms with van der Waals surface area (Å²) in [6.07, 6.45) is 0. The van der Waals surface area contributed by atoms with Gasteiger partial charge in [0.05, 0.1) is 17.3 Å². The summed E-state index contributed by atoms with van der Waals surface area (Å²) in [5.74, 6) is -1.55. The molecule has 0 aliphatic carbocycles. The van der Waals surface area contributed by atoms with Gasteiger partial charge in [-0.25, -0.2) is 0 Å². The molecule has 2 aromatic heterocycles. The largest absolute Gasteiger partial charge is 0.422 e. The van der Waals surface area contributed by atoms with E-state index in [-0.39, 0.29) is 17.7 Å². The molecule has 7 nitrogen and oxygen atoms in total. The number of carbonyl (C=O) groups excluding carboxylic acids is 1. The van der Waals surface area contributed by atoms with Crippen LogP contribution in [0.15, 0.2) is 30.3 Å². The van der Waals surface area contributed by atoms with Crippen molar-refractivity contribution in [3.63, 3.8) is 0 Å². The zero-order valence-corrected chi connectivity index (χ0v) is 15.9. The summed E-state index contributed by atoms with van der Waals surface area (Å²) in [6.45, 7) is 4.02. The first-order valence-electron chi connectivity index (χ1n) is 8.71. The van der Waals surface area contributed by atoms with Crippen molar-refractivity contribution in [3.05, 3.63) is 51.2 Å². The molecule has 0 saturated carbocycles. The maximum Gasteiger partial charge on any atom is 0.244 e. The number of hydrogen-bond acceptors (Lipinski definition) is 6. The number of anilines is 1. The Kier molecular flexibility index (Phi) is 3.30. The fraction of sp³-hybridized carbons (Fsp3) is 0.200. The Morgan fingerprint density at radius 3 is 2.86 bits per heavy atom. The highest BCUT2D eigenvalue weighted by Gasteiger charge is 2.62. The van der Waals surface area contributed by atoms with Crippen molar-refractivity contribution in [1.82, 2.24) is 10.2 Å². The topological polar surface area (TPSA) is 115 Å². The van der Waals surface area contributed by atoms with Crippen LogP contribution in [0.25, 0.3) is 11.3 Å². The van der Waals surface area contributed by atoms with Gasteiger partial charge in [0, 0.05) is 21.0 Å². The van der Waals surface area contributed by atoms with Gasteiger partial charge in [-0.2, -0.15) is 5.26 Å². The number of para-hydroxylation sites is 1. The number of benzene rings is 1. The maximum absolute atomic E-state index is 13.4. The second-order valence-electron chi connectivity index (χ2n) is 6.94. The van der Waals surface area contributed by atoms with Gasteiger partial charge in [-0.3, -0.25) is 15.3 Å². The lowest BCUT2D eigenvalue weighted by molar-refractivity contribution is -0.120. The molecule has 2 atom stereocenters. The molecule has 28 heavy (non-hydrogen) atoms. The predicted octanol–water partition coefficient (Wildman–Crippen LogP) is 3.50. The molecule has 2 unspecified atom stereocenters. The Hall–Kier alpha value is -3.44. The molecule has 4 heterocycles. The zero-order chi connectivity index (χ0) is 19.6. The van der Waals surface area contributed by atoms with Gasteiger partial charge in [-0.1, -0.05) is 18.2 Å². The van der Waals surface area contributed by atoms with E-state index < -0.39 is 11.3 Å². The molecule has 0 fully saturated rings. The number of aromatic nitrogens is 2. The number of nitrogens with zero attached hydrogens (tertiary/aromatic N) is 2. The van der Waals surface area contributed by atoms with Gasteiger partial charge in [0.2, 0.25) is 17.7 Å². The predicted molar refractivity (Wildman–Crippen MR) is 105 cm³/mol. The minimum Gasteiger partial charge on any atom is -0.422 e. The van der Waals surface area contributed by atoms with E-state index in [4.69, 9.17) is 10.1 Å². The van der Waals surface area contributed by atoms with Crippen LogP contribution in [-0.2, 0) is 10.2 Å². The normalized spacial score (nSPS) is 22.4. The monoisotopic (exact) mass is 389 g/mol. The van der Waals surface area contributed by atoms with E-state index in [0.29, 0.717) is 22.5 Å². The second kappa shape index (κ2) is 5.53. The number of H-pyrrole nitrogens is 1. The van der Waals surface area contributed by atoms with E-state index in [1.54, 1.807) is 17.4 Å². The summed E-state index contributed by atoms with van der Waals surface area (Å²) in [6, 6.07) is 11.4. The summed E-state index contributed by atoms with van der Waals surface area (Å²) < 4.78 is 5.58. The lowest BCUT2D eigenvalue weighted by atomic mass is 9.65. The average molecular weight is 389 g/mol. The minimum absolute atomic E-state index is 0.168. The van der Waals surface area contributed by atoms with Gasteiger partial charge in [-0.05, 0) is 31.5 Å². The summed E-state index contributed by atoms with van der Waals surface area (Å²) in [5, 5.41) is 28.4. The Balaban J connectivity index is 1.90. The minimum atomic E-state index is -1.39. The highest BCUT2D eigenvalue weighted by atomic mass is 32.1. The molecular formula is C20H15N5O2S. The van der Waals surface area contributed by atoms with Crippen LogP contribution < -0.4 is 10.1 Å². The van der Waals surface area contributed by atoms with Gasteiger partial charge in [-0.15, -0.1) is 16.4 Å². The number of ether oxygens (including phenoxy) is 1. The molecule has 0 bridgehead atoms. The number of nitrogens with one attached hydrogen (secondary N) is 3. The highest BCUT2D eigenvalue weighted by molar-refractivity contribution is 7.12. The molecule has 0 saturated heterocycles. The van der Waals surface area contributed by atoms with Crippen molar-refractivity contribution < 1.29 is 9.53 Å². The van der Waals surface area contributed by atoms with Crippen LogP contribution in [0.4, 0.5) is 5.69 Å². The third-order valence-corrected chi connectivity index (χ3v) is 6.39. The van der Waals surface area contributed by atoms with Crippen LogP contribution in [0.3, 0.4) is 0 Å². The van der Waals surface area contributed by atoms with E-state index in [9.17, 15) is 10.1 Å². The Morgan fingerprint density at radius 2 is 2.14 bits per heavy atom. The summed E-state index contributed by atoms with van der Waals surface area (Å²) >= 11 is 1.65. The van der Waals surface area contributed by atoms with Crippen molar-refractivity contribution >= 4 is 28.8 Å². The molecule has 3 N–H and O–H groups in total. The first-order valence-corrected chi connectivity index (χ1v) is 9.53. The number of aryl methyl sites for hydroxylation is 2. The van der Waals surface area contributed by atoms with Gasteiger partial charge in [0.25, 0.3) is 0 Å². The standard InChI is InChI=1S/C20H15N5O2S/c1-9-7-11(10(2)28-9)16-15-18(25-24-16)27-17(22)13(8-21)20(15)12-5-3-4-6-14(12)23-19(20)26/h3-7,13,22H,1-2H3,(H,23,26)(H,24,25). The Morgan fingerprint density at radius 1 is 1.36 bits per heavy atom. The lowest BCUT2D eigenvalue weighted by Crippen LogP contribution is -2.50. The molecule has 1 aromatic carbocycles. The van der Waals surface area contributed by atoms with E-state index >= 15 is 0 Å². The van der Waals surface area contributed by atoms with Crippen LogP contribution in [0, 0.1) is 36.5 Å². The van der Waals surface area contributed by atoms with Crippen molar-refractivity contribution in [2.75, 3.05) is 5.32 Å². The molecule has 1 amide bonds. The van der Waals surface area contributed by atoms with Gasteiger partial charge in [0.15, 0.2) is 0 Å². The molecule has 138 valence electrons. The van der Waals surface area contributed by atoms with E-state index in [0.717, 1.165) is 15.3 Å². The molecule has 8 heteroatoms. The third-order valence-electron chi connectivity index (χ3n) is 5.43. The number of aromatic amines is 1. The second-order valence-corrected chi connectivity index (χ2v) is 8.40. The average Bonchev–Trinajstić information content (AvgIpc) is 3.30. The lowest BCUT2D eigenvalue weighted by Gasteiger charge is -2.35. The third kappa shape index (κ3) is 1.89. The number of thiophene rings is 1. The van der Waals surface area contributed by atoms with Crippen LogP contribution in [-0.4, -0.2) is 22.0 Å². The molecular weight excluding hydrogens is 374 g/mol. The molecule has 1 spiro atoms. The number of hydrogen-bond donors (Lipinski definition) is 3. The SMILES string of the molecule is Cc1cc(-c2[nH]nc3c2C2(C(=O)Nc4ccccc42)C(C#N)C(=N)O3)c(C)s1. The molecule has 3 aromatic rings. The molecule has 2 aliphatic heterocycles. The smallest absolute Gasteiger partial charge is 0.244 e.